The Morgan fingerprint density at radius 2 is 1.90 bits per heavy atom. The van der Waals surface area contributed by atoms with E-state index in [0.29, 0.717) is 6.54 Å². The average Bonchev–Trinajstić information content (AvgIpc) is 2.67. The van der Waals surface area contributed by atoms with E-state index in [1.807, 2.05) is 0 Å². The van der Waals surface area contributed by atoms with Crippen molar-refractivity contribution in [2.75, 3.05) is 39.3 Å². The highest BCUT2D eigenvalue weighted by Crippen LogP contribution is 2.15. The molecule has 4 heteroatoms. The molecule has 0 radical (unpaired) electrons. The smallest absolute Gasteiger partial charge is 0.0558 e. The van der Waals surface area contributed by atoms with E-state index in [-0.39, 0.29) is 6.61 Å². The fourth-order valence-corrected chi connectivity index (χ4v) is 2.85. The van der Waals surface area contributed by atoms with Crippen LogP contribution >= 0.6 is 0 Å². The molecule has 1 aromatic carbocycles. The van der Waals surface area contributed by atoms with E-state index in [2.05, 4.69) is 34.9 Å². The highest BCUT2D eigenvalue weighted by Gasteiger charge is 2.15. The second-order valence-electron chi connectivity index (χ2n) is 5.66. The van der Waals surface area contributed by atoms with Crippen LogP contribution in [0.3, 0.4) is 0 Å². The molecule has 1 aromatic rings. The summed E-state index contributed by atoms with van der Waals surface area (Å²) >= 11 is 0. The molecular formula is C16H27N3O. The quantitative estimate of drug-likeness (QED) is 0.841. The van der Waals surface area contributed by atoms with Crippen LogP contribution in [0.2, 0.25) is 0 Å². The van der Waals surface area contributed by atoms with E-state index in [9.17, 15) is 0 Å². The molecule has 0 unspecified atom stereocenters. The van der Waals surface area contributed by atoms with Crippen LogP contribution in [0.1, 0.15) is 23.1 Å². The highest BCUT2D eigenvalue weighted by atomic mass is 16.3. The van der Waals surface area contributed by atoms with Gasteiger partial charge in [-0.1, -0.05) is 18.2 Å². The molecule has 0 spiro atoms. The second-order valence-corrected chi connectivity index (χ2v) is 5.66. The summed E-state index contributed by atoms with van der Waals surface area (Å²) in [5, 5.41) is 9.03. The first kappa shape index (κ1) is 15.4. The Morgan fingerprint density at radius 1 is 1.15 bits per heavy atom. The van der Waals surface area contributed by atoms with Crippen molar-refractivity contribution >= 4 is 0 Å². The topological polar surface area (TPSA) is 52.7 Å². The maximum atomic E-state index is 9.03. The van der Waals surface area contributed by atoms with Gasteiger partial charge < -0.3 is 10.8 Å². The second kappa shape index (κ2) is 7.74. The summed E-state index contributed by atoms with van der Waals surface area (Å²) in [4.78, 5) is 4.87. The van der Waals surface area contributed by atoms with Crippen molar-refractivity contribution in [3.63, 3.8) is 0 Å². The minimum Gasteiger partial charge on any atom is -0.395 e. The zero-order valence-electron chi connectivity index (χ0n) is 12.5. The standard InChI is InChI=1S/C16H27N3O/c1-14-11-15(12-17)3-4-16(14)13-19-6-2-5-18(7-8-19)9-10-20/h3-4,11,20H,2,5-10,12-13,17H2,1H3. The van der Waals surface area contributed by atoms with Crippen molar-refractivity contribution in [1.82, 2.24) is 9.80 Å². The van der Waals surface area contributed by atoms with Gasteiger partial charge in [-0.2, -0.15) is 0 Å². The van der Waals surface area contributed by atoms with Crippen LogP contribution in [0, 0.1) is 6.92 Å². The number of nitrogens with two attached hydrogens (primary N) is 1. The van der Waals surface area contributed by atoms with Gasteiger partial charge in [-0.05, 0) is 43.1 Å². The van der Waals surface area contributed by atoms with E-state index < -0.39 is 0 Å². The molecule has 0 saturated carbocycles. The van der Waals surface area contributed by atoms with Crippen LogP contribution in [-0.4, -0.2) is 54.2 Å². The summed E-state index contributed by atoms with van der Waals surface area (Å²) in [6.07, 6.45) is 1.18. The number of aryl methyl sites for hydroxylation is 1. The number of aliphatic hydroxyl groups excluding tert-OH is 1. The maximum absolute atomic E-state index is 9.03. The molecular weight excluding hydrogens is 250 g/mol. The molecule has 3 N–H and O–H groups in total. The third-order valence-electron chi connectivity index (χ3n) is 4.13. The molecule has 1 heterocycles. The average molecular weight is 277 g/mol. The minimum absolute atomic E-state index is 0.264. The van der Waals surface area contributed by atoms with Crippen molar-refractivity contribution in [2.45, 2.75) is 26.4 Å². The van der Waals surface area contributed by atoms with Gasteiger partial charge in [0.05, 0.1) is 6.61 Å². The van der Waals surface area contributed by atoms with Gasteiger partial charge in [0.2, 0.25) is 0 Å². The Morgan fingerprint density at radius 3 is 2.60 bits per heavy atom. The molecule has 0 atom stereocenters. The normalized spacial score (nSPS) is 18.1. The molecule has 20 heavy (non-hydrogen) atoms. The Bertz CT molecular complexity index is 422. The van der Waals surface area contributed by atoms with Gasteiger partial charge in [0.15, 0.2) is 0 Å². The maximum Gasteiger partial charge on any atom is 0.0558 e. The van der Waals surface area contributed by atoms with Crippen LogP contribution in [-0.2, 0) is 13.1 Å². The molecule has 1 saturated heterocycles. The SMILES string of the molecule is Cc1cc(CN)ccc1CN1CCCN(CCO)CC1. The summed E-state index contributed by atoms with van der Waals surface area (Å²) in [7, 11) is 0. The van der Waals surface area contributed by atoms with E-state index in [1.165, 1.54) is 23.1 Å². The Hall–Kier alpha value is -0.940. The zero-order chi connectivity index (χ0) is 14.4. The van der Waals surface area contributed by atoms with Gasteiger partial charge in [-0.3, -0.25) is 9.80 Å². The molecule has 0 aliphatic carbocycles. The van der Waals surface area contributed by atoms with Crippen molar-refractivity contribution < 1.29 is 5.11 Å². The number of hydrogen-bond donors (Lipinski definition) is 2. The lowest BCUT2D eigenvalue weighted by Crippen LogP contribution is -2.32. The molecule has 1 fully saturated rings. The molecule has 112 valence electrons. The van der Waals surface area contributed by atoms with E-state index in [0.717, 1.165) is 39.3 Å². The first-order valence-corrected chi connectivity index (χ1v) is 7.57. The fraction of sp³-hybridized carbons (Fsp3) is 0.625. The lowest BCUT2D eigenvalue weighted by Gasteiger charge is -2.22. The van der Waals surface area contributed by atoms with E-state index >= 15 is 0 Å². The molecule has 1 aliphatic heterocycles. The molecule has 4 nitrogen and oxygen atoms in total. The minimum atomic E-state index is 0.264. The van der Waals surface area contributed by atoms with Crippen LogP contribution < -0.4 is 5.73 Å². The van der Waals surface area contributed by atoms with Crippen molar-refractivity contribution in [3.05, 3.63) is 34.9 Å². The number of hydrogen-bond acceptors (Lipinski definition) is 4. The monoisotopic (exact) mass is 277 g/mol. The summed E-state index contributed by atoms with van der Waals surface area (Å²) in [5.74, 6) is 0. The molecule has 0 aromatic heterocycles. The predicted octanol–water partition coefficient (Wildman–Crippen LogP) is 0.954. The van der Waals surface area contributed by atoms with Crippen LogP contribution in [0.15, 0.2) is 18.2 Å². The van der Waals surface area contributed by atoms with E-state index in [4.69, 9.17) is 10.8 Å². The fourth-order valence-electron chi connectivity index (χ4n) is 2.85. The summed E-state index contributed by atoms with van der Waals surface area (Å²) in [6, 6.07) is 6.55. The van der Waals surface area contributed by atoms with Gasteiger partial charge >= 0.3 is 0 Å². The van der Waals surface area contributed by atoms with Crippen LogP contribution in [0.4, 0.5) is 0 Å². The Labute approximate surface area is 122 Å². The van der Waals surface area contributed by atoms with Gasteiger partial charge in [0.25, 0.3) is 0 Å². The molecule has 0 bridgehead atoms. The largest absolute Gasteiger partial charge is 0.395 e. The van der Waals surface area contributed by atoms with Crippen molar-refractivity contribution in [2.24, 2.45) is 5.73 Å². The van der Waals surface area contributed by atoms with E-state index in [1.54, 1.807) is 0 Å². The van der Waals surface area contributed by atoms with Gasteiger partial charge in [0, 0.05) is 32.7 Å². The number of aliphatic hydroxyl groups is 1. The summed E-state index contributed by atoms with van der Waals surface area (Å²) in [5.41, 5.74) is 9.62. The third kappa shape index (κ3) is 4.28. The lowest BCUT2D eigenvalue weighted by atomic mass is 10.0. The number of benzene rings is 1. The number of nitrogens with zero attached hydrogens (tertiary/aromatic N) is 2. The zero-order valence-corrected chi connectivity index (χ0v) is 12.5. The number of rotatable bonds is 5. The van der Waals surface area contributed by atoms with Crippen LogP contribution in [0.5, 0.6) is 0 Å². The molecule has 0 amide bonds. The summed E-state index contributed by atoms with van der Waals surface area (Å²) in [6.45, 7) is 9.24. The third-order valence-corrected chi connectivity index (χ3v) is 4.13. The highest BCUT2D eigenvalue weighted by molar-refractivity contribution is 5.31. The van der Waals surface area contributed by atoms with Gasteiger partial charge in [-0.25, -0.2) is 0 Å². The Kier molecular flexibility index (Phi) is 5.98. The molecule has 1 aliphatic rings. The number of β-amino-alcohol motifs (C(OH)–C–C–N with tert-alkyl or cyclic N) is 1. The van der Waals surface area contributed by atoms with Gasteiger partial charge in [-0.15, -0.1) is 0 Å². The predicted molar refractivity (Wildman–Crippen MR) is 82.5 cm³/mol. The lowest BCUT2D eigenvalue weighted by molar-refractivity contribution is 0.196. The van der Waals surface area contributed by atoms with Crippen molar-refractivity contribution in [1.29, 1.82) is 0 Å². The van der Waals surface area contributed by atoms with Gasteiger partial charge in [0.1, 0.15) is 0 Å². The summed E-state index contributed by atoms with van der Waals surface area (Å²) < 4.78 is 0. The Balaban J connectivity index is 1.93. The first-order valence-electron chi connectivity index (χ1n) is 7.57. The van der Waals surface area contributed by atoms with Crippen molar-refractivity contribution in [3.8, 4) is 0 Å². The first-order chi connectivity index (χ1) is 9.72. The van der Waals surface area contributed by atoms with Crippen LogP contribution in [0.25, 0.3) is 0 Å². The molecule has 2 rings (SSSR count).